The van der Waals surface area contributed by atoms with Crippen LogP contribution in [0.4, 0.5) is 0 Å². The number of hydrogen-bond acceptors (Lipinski definition) is 5. The molecule has 5 nitrogen and oxygen atoms in total. The molecule has 0 saturated heterocycles. The molecule has 2 aromatic carbocycles. The number of hydrogen-bond donors (Lipinski definition) is 0. The van der Waals surface area contributed by atoms with Crippen molar-refractivity contribution >= 4 is 39.8 Å². The number of aliphatic imine (C=N–C) groups is 4. The Morgan fingerprint density at radius 3 is 2.07 bits per heavy atom. The normalized spacial score (nSPS) is 19.8. The van der Waals surface area contributed by atoms with Crippen LogP contribution in [0.15, 0.2) is 127 Å². The Morgan fingerprint density at radius 1 is 0.689 bits per heavy atom. The van der Waals surface area contributed by atoms with E-state index in [2.05, 4.69) is 108 Å². The van der Waals surface area contributed by atoms with E-state index in [0.717, 1.165) is 79.7 Å². The Kier molecular flexibility index (Phi) is 6.74. The molecule has 2 aromatic rings. The molecule has 0 amide bonds. The Morgan fingerprint density at radius 2 is 1.36 bits per heavy atom. The summed E-state index contributed by atoms with van der Waals surface area (Å²) in [5.74, 6) is -0.0254. The molecule has 45 heavy (non-hydrogen) atoms. The number of allylic oxidation sites excluding steroid dienone is 11. The summed E-state index contributed by atoms with van der Waals surface area (Å²) in [6, 6.07) is 12.9. The van der Waals surface area contributed by atoms with Crippen molar-refractivity contribution in [2.75, 3.05) is 0 Å². The zero-order valence-electron chi connectivity index (χ0n) is 26.9. The van der Waals surface area contributed by atoms with Crippen molar-refractivity contribution in [1.82, 2.24) is 0 Å². The molecule has 222 valence electrons. The van der Waals surface area contributed by atoms with E-state index in [1.165, 1.54) is 11.1 Å². The van der Waals surface area contributed by atoms with Crippen LogP contribution in [-0.4, -0.2) is 28.6 Å². The number of rotatable bonds is 3. The largest absolute Gasteiger partial charge is 0.294 e. The minimum absolute atomic E-state index is 0.0254. The van der Waals surface area contributed by atoms with Crippen LogP contribution in [0.2, 0.25) is 0 Å². The van der Waals surface area contributed by atoms with Crippen LogP contribution < -0.4 is 0 Å². The average molecular weight is 589 g/mol. The number of fused-ring (bicyclic) bond motifs is 4. The van der Waals surface area contributed by atoms with Gasteiger partial charge in [-0.15, -0.1) is 0 Å². The van der Waals surface area contributed by atoms with Gasteiger partial charge >= 0.3 is 0 Å². The maximum Gasteiger partial charge on any atom is 0.162 e. The maximum atomic E-state index is 13.0. The molecular weight excluding hydrogens is 552 g/mol. The summed E-state index contributed by atoms with van der Waals surface area (Å²) in [6.45, 7) is 14.5. The quantitative estimate of drug-likeness (QED) is 0.354. The van der Waals surface area contributed by atoms with Crippen molar-refractivity contribution in [3.63, 3.8) is 0 Å². The number of aryl methyl sites for hydroxylation is 4. The number of carbonyl (C=O) groups excluding carboxylic acids is 1. The van der Waals surface area contributed by atoms with E-state index in [1.807, 2.05) is 12.2 Å². The fourth-order valence-electron chi connectivity index (χ4n) is 6.80. The summed E-state index contributed by atoms with van der Waals surface area (Å²) in [6.07, 6.45) is 15.0. The third-order valence-electron chi connectivity index (χ3n) is 8.94. The Hall–Kier alpha value is -5.03. The molecule has 5 aliphatic heterocycles. The monoisotopic (exact) mass is 588 g/mol. The van der Waals surface area contributed by atoms with Crippen LogP contribution >= 0.6 is 0 Å². The van der Waals surface area contributed by atoms with Gasteiger partial charge in [-0.1, -0.05) is 61.4 Å². The van der Waals surface area contributed by atoms with Gasteiger partial charge < -0.3 is 0 Å². The van der Waals surface area contributed by atoms with E-state index in [-0.39, 0.29) is 11.2 Å². The predicted octanol–water partition coefficient (Wildman–Crippen LogP) is 8.69. The van der Waals surface area contributed by atoms with Gasteiger partial charge in [-0.05, 0) is 99.4 Å². The zero-order valence-corrected chi connectivity index (χ0v) is 26.9. The Balaban J connectivity index is 1.57. The summed E-state index contributed by atoms with van der Waals surface area (Å²) in [7, 11) is 0. The molecule has 5 heteroatoms. The van der Waals surface area contributed by atoms with Gasteiger partial charge in [0, 0.05) is 40.0 Å². The van der Waals surface area contributed by atoms with Crippen LogP contribution in [0.1, 0.15) is 60.6 Å². The molecular formula is C40H36N4O. The van der Waals surface area contributed by atoms with E-state index in [4.69, 9.17) is 20.0 Å². The van der Waals surface area contributed by atoms with Gasteiger partial charge in [-0.2, -0.15) is 0 Å². The molecule has 5 aliphatic rings. The second-order valence-electron chi connectivity index (χ2n) is 13.2. The van der Waals surface area contributed by atoms with Crippen LogP contribution in [-0.2, 0) is 4.79 Å². The fraction of sp³-hybridized carbons (Fsp3) is 0.225. The second-order valence-corrected chi connectivity index (χ2v) is 13.2. The Bertz CT molecular complexity index is 2050. The highest BCUT2D eigenvalue weighted by Crippen LogP contribution is 2.40. The lowest BCUT2D eigenvalue weighted by molar-refractivity contribution is -0.113. The van der Waals surface area contributed by atoms with Crippen molar-refractivity contribution in [3.8, 4) is 0 Å². The van der Waals surface area contributed by atoms with E-state index >= 15 is 0 Å². The molecule has 8 bridgehead atoms. The zero-order chi connectivity index (χ0) is 31.6. The van der Waals surface area contributed by atoms with Crippen LogP contribution in [0.3, 0.4) is 0 Å². The SMILES string of the molecule is CC(=O)C1=CC2=C(c3c(C)cc(C)cc3C)C3=NC(=C(c4ccc(C)cc4)C4=NC(=CC5=NC(=CC1=N2)CC5(C)C)C=C4)C=C3. The van der Waals surface area contributed by atoms with Crippen molar-refractivity contribution in [2.45, 2.75) is 54.9 Å². The van der Waals surface area contributed by atoms with Crippen LogP contribution in [0.5, 0.6) is 0 Å². The van der Waals surface area contributed by atoms with Crippen molar-refractivity contribution in [3.05, 3.63) is 141 Å². The van der Waals surface area contributed by atoms with E-state index in [1.54, 1.807) is 6.92 Å². The molecule has 0 spiro atoms. The summed E-state index contributed by atoms with van der Waals surface area (Å²) in [5.41, 5.74) is 15.7. The molecule has 0 unspecified atom stereocenters. The molecule has 0 fully saturated rings. The van der Waals surface area contributed by atoms with Gasteiger partial charge in [0.15, 0.2) is 5.78 Å². The first kappa shape index (κ1) is 28.7. The van der Waals surface area contributed by atoms with Gasteiger partial charge in [-0.3, -0.25) is 9.79 Å². The fourth-order valence-corrected chi connectivity index (χ4v) is 6.80. The summed E-state index contributed by atoms with van der Waals surface area (Å²) < 4.78 is 0. The number of carbonyl (C=O) groups is 1. The van der Waals surface area contributed by atoms with E-state index < -0.39 is 0 Å². The third-order valence-corrected chi connectivity index (χ3v) is 8.94. The van der Waals surface area contributed by atoms with E-state index in [0.29, 0.717) is 11.3 Å². The molecule has 0 aliphatic carbocycles. The number of Topliss-reactive ketones (excluding diaryl/α,β-unsaturated/α-hetero) is 1. The first-order chi connectivity index (χ1) is 21.5. The first-order valence-corrected chi connectivity index (χ1v) is 15.5. The lowest BCUT2D eigenvalue weighted by Crippen LogP contribution is -2.17. The summed E-state index contributed by atoms with van der Waals surface area (Å²) in [5, 5.41) is 0. The highest BCUT2D eigenvalue weighted by Gasteiger charge is 2.33. The van der Waals surface area contributed by atoms with E-state index in [9.17, 15) is 4.79 Å². The van der Waals surface area contributed by atoms with Crippen molar-refractivity contribution in [2.24, 2.45) is 25.4 Å². The first-order valence-electron chi connectivity index (χ1n) is 15.5. The van der Waals surface area contributed by atoms with Crippen molar-refractivity contribution < 1.29 is 4.79 Å². The molecule has 0 atom stereocenters. The molecule has 0 saturated carbocycles. The molecule has 5 heterocycles. The molecule has 0 aromatic heterocycles. The summed E-state index contributed by atoms with van der Waals surface area (Å²) in [4.78, 5) is 33.6. The molecule has 7 rings (SSSR count). The third kappa shape index (κ3) is 5.12. The number of ketones is 1. The van der Waals surface area contributed by atoms with Gasteiger partial charge in [0.1, 0.15) is 0 Å². The van der Waals surface area contributed by atoms with Gasteiger partial charge in [0.25, 0.3) is 0 Å². The van der Waals surface area contributed by atoms with Gasteiger partial charge in [0.05, 0.1) is 34.2 Å². The highest BCUT2D eigenvalue weighted by atomic mass is 16.1. The highest BCUT2D eigenvalue weighted by molar-refractivity contribution is 6.37. The number of benzene rings is 2. The van der Waals surface area contributed by atoms with Crippen molar-refractivity contribution in [1.29, 1.82) is 0 Å². The second kappa shape index (κ2) is 10.6. The topological polar surface area (TPSA) is 66.5 Å². The smallest absolute Gasteiger partial charge is 0.162 e. The van der Waals surface area contributed by atoms with Crippen LogP contribution in [0, 0.1) is 33.1 Å². The maximum absolute atomic E-state index is 13.0. The number of nitrogens with zero attached hydrogens (tertiary/aromatic N) is 4. The predicted molar refractivity (Wildman–Crippen MR) is 187 cm³/mol. The Labute approximate surface area is 265 Å². The average Bonchev–Trinajstić information content (AvgIpc) is 3.75. The van der Waals surface area contributed by atoms with Gasteiger partial charge in [-0.25, -0.2) is 15.0 Å². The van der Waals surface area contributed by atoms with Crippen LogP contribution in [0.25, 0.3) is 11.1 Å². The minimum Gasteiger partial charge on any atom is -0.294 e. The van der Waals surface area contributed by atoms with Gasteiger partial charge in [0.2, 0.25) is 0 Å². The molecule has 0 radical (unpaired) electrons. The minimum atomic E-state index is -0.191. The standard InChI is InChI=1S/C40H36N4O/c1-22-8-10-27(11-9-22)38-31-13-12-28(41-31)19-36-40(6,7)21-29(42-36)18-34-30(26(5)45)20-35(44-34)39(33-15-14-32(38)43-33)37-24(3)16-23(2)17-25(37)4/h8-20H,21H2,1-7H3. The summed E-state index contributed by atoms with van der Waals surface area (Å²) >= 11 is 0. The molecule has 0 N–H and O–H groups in total. The lowest BCUT2D eigenvalue weighted by atomic mass is 9.85. The lowest BCUT2D eigenvalue weighted by Gasteiger charge is -2.17.